The molecular weight excluding hydrogens is 327 g/mol. The fraction of sp³-hybridized carbons (Fsp3) is 0.500. The lowest BCUT2D eigenvalue weighted by Crippen LogP contribution is -2.34. The third kappa shape index (κ3) is 7.45. The Balaban J connectivity index is 2.31. The Hall–Kier alpha value is -2.09. The van der Waals surface area contributed by atoms with Crippen LogP contribution in [-0.4, -0.2) is 37.2 Å². The number of carbonyl (C=O) groups excluding carboxylic acids is 2. The largest absolute Gasteiger partial charge is 0.444 e. The topological polar surface area (TPSA) is 64.6 Å². The van der Waals surface area contributed by atoms with Gasteiger partial charge in [-0.15, -0.1) is 0 Å². The van der Waals surface area contributed by atoms with E-state index in [0.29, 0.717) is 0 Å². The monoisotopic (exact) mass is 347 g/mol. The van der Waals surface area contributed by atoms with Crippen LogP contribution in [0, 0.1) is 0 Å². The average molecular weight is 347 g/mol. The van der Waals surface area contributed by atoms with Crippen LogP contribution < -0.4 is 5.32 Å². The molecule has 0 aliphatic rings. The highest BCUT2D eigenvalue weighted by molar-refractivity contribution is 5.97. The van der Waals surface area contributed by atoms with Crippen LogP contribution in [0.15, 0.2) is 24.3 Å². The maximum Gasteiger partial charge on any atom is 0.416 e. The Morgan fingerprint density at radius 2 is 1.67 bits per heavy atom. The second-order valence-electron chi connectivity index (χ2n) is 5.98. The summed E-state index contributed by atoms with van der Waals surface area (Å²) in [7, 11) is 0. The van der Waals surface area contributed by atoms with E-state index in [4.69, 9.17) is 9.47 Å². The highest BCUT2D eigenvalue weighted by atomic mass is 19.4. The number of halogens is 3. The smallest absolute Gasteiger partial charge is 0.416 e. The molecule has 0 aliphatic carbocycles. The summed E-state index contributed by atoms with van der Waals surface area (Å²) < 4.78 is 47.4. The number of rotatable bonds is 6. The summed E-state index contributed by atoms with van der Waals surface area (Å²) in [5.74, 6) is -0.444. The van der Waals surface area contributed by atoms with Crippen LogP contribution in [0.5, 0.6) is 0 Å². The van der Waals surface area contributed by atoms with E-state index < -0.39 is 29.2 Å². The van der Waals surface area contributed by atoms with E-state index >= 15 is 0 Å². The molecule has 0 fully saturated rings. The minimum Gasteiger partial charge on any atom is -0.444 e. The van der Waals surface area contributed by atoms with Crippen molar-refractivity contribution in [3.63, 3.8) is 0 Å². The van der Waals surface area contributed by atoms with E-state index in [0.717, 1.165) is 24.3 Å². The number of carbonyl (C=O) groups is 2. The van der Waals surface area contributed by atoms with Gasteiger partial charge >= 0.3 is 12.3 Å². The molecule has 1 aromatic carbocycles. The Bertz CT molecular complexity index is 562. The Morgan fingerprint density at radius 1 is 1.08 bits per heavy atom. The summed E-state index contributed by atoms with van der Waals surface area (Å²) in [6.45, 7) is 5.12. The Kier molecular flexibility index (Phi) is 6.77. The minimum absolute atomic E-state index is 0.0750. The second kappa shape index (κ2) is 8.14. The van der Waals surface area contributed by atoms with Crippen molar-refractivity contribution in [2.24, 2.45) is 0 Å². The van der Waals surface area contributed by atoms with Gasteiger partial charge in [0.2, 0.25) is 0 Å². The molecule has 1 aromatic rings. The number of ketones is 1. The summed E-state index contributed by atoms with van der Waals surface area (Å²) >= 11 is 0. The summed E-state index contributed by atoms with van der Waals surface area (Å²) in [5, 5.41) is 2.45. The molecule has 0 bridgehead atoms. The van der Waals surface area contributed by atoms with Crippen LogP contribution in [0.3, 0.4) is 0 Å². The van der Waals surface area contributed by atoms with E-state index in [1.165, 1.54) is 0 Å². The summed E-state index contributed by atoms with van der Waals surface area (Å²) in [4.78, 5) is 23.1. The van der Waals surface area contributed by atoms with Crippen molar-refractivity contribution in [3.8, 4) is 0 Å². The predicted molar refractivity (Wildman–Crippen MR) is 80.8 cm³/mol. The van der Waals surface area contributed by atoms with Crippen molar-refractivity contribution < 1.29 is 32.2 Å². The molecule has 1 rings (SSSR count). The molecule has 24 heavy (non-hydrogen) atoms. The molecule has 0 radical (unpaired) electrons. The molecule has 0 atom stereocenters. The number of amides is 1. The lowest BCUT2D eigenvalue weighted by atomic mass is 10.1. The van der Waals surface area contributed by atoms with E-state index in [9.17, 15) is 22.8 Å². The van der Waals surface area contributed by atoms with Crippen LogP contribution in [-0.2, 0) is 15.7 Å². The number of benzene rings is 1. The minimum atomic E-state index is -4.44. The lowest BCUT2D eigenvalue weighted by Gasteiger charge is -2.19. The molecule has 1 amide bonds. The Morgan fingerprint density at radius 3 is 2.17 bits per heavy atom. The first-order valence-corrected chi connectivity index (χ1v) is 7.24. The normalized spacial score (nSPS) is 11.9. The van der Waals surface area contributed by atoms with Crippen molar-refractivity contribution in [2.45, 2.75) is 32.5 Å². The van der Waals surface area contributed by atoms with Crippen LogP contribution in [0.4, 0.5) is 18.0 Å². The third-order valence-electron chi connectivity index (χ3n) is 2.68. The molecule has 0 heterocycles. The standard InChI is InChI=1S/C16H20F3NO4/c1-15(2,3)24-14(22)20-8-9-23-10-13(21)11-4-6-12(7-5-11)16(17,18)19/h4-7H,8-10H2,1-3H3,(H,20,22). The summed E-state index contributed by atoms with van der Waals surface area (Å²) in [6, 6.07) is 3.90. The quantitative estimate of drug-likeness (QED) is 0.632. The third-order valence-corrected chi connectivity index (χ3v) is 2.68. The fourth-order valence-electron chi connectivity index (χ4n) is 1.63. The average Bonchev–Trinajstić information content (AvgIpc) is 2.44. The van der Waals surface area contributed by atoms with Gasteiger partial charge in [-0.25, -0.2) is 4.79 Å². The molecule has 0 spiro atoms. The summed E-state index contributed by atoms with van der Waals surface area (Å²) in [5.41, 5.74) is -1.30. The maximum atomic E-state index is 12.4. The zero-order valence-electron chi connectivity index (χ0n) is 13.7. The predicted octanol–water partition coefficient (Wildman–Crippen LogP) is 3.43. The van der Waals surface area contributed by atoms with E-state index in [1.54, 1.807) is 20.8 Å². The second-order valence-corrected chi connectivity index (χ2v) is 5.98. The van der Waals surface area contributed by atoms with Gasteiger partial charge in [-0.05, 0) is 32.9 Å². The molecule has 0 aromatic heterocycles. The molecule has 0 aliphatic heterocycles. The van der Waals surface area contributed by atoms with Gasteiger partial charge in [-0.2, -0.15) is 13.2 Å². The highest BCUT2D eigenvalue weighted by Gasteiger charge is 2.30. The van der Waals surface area contributed by atoms with Crippen LogP contribution >= 0.6 is 0 Å². The van der Waals surface area contributed by atoms with E-state index in [1.807, 2.05) is 0 Å². The van der Waals surface area contributed by atoms with Gasteiger partial charge in [0.15, 0.2) is 5.78 Å². The number of alkyl carbamates (subject to hydrolysis) is 1. The molecule has 8 heteroatoms. The first-order chi connectivity index (χ1) is 11.0. The SMILES string of the molecule is CC(C)(C)OC(=O)NCCOCC(=O)c1ccc(C(F)(F)F)cc1. The zero-order chi connectivity index (χ0) is 18.4. The Labute approximate surface area is 138 Å². The van der Waals surface area contributed by atoms with Gasteiger partial charge in [0.25, 0.3) is 0 Å². The molecule has 134 valence electrons. The molecular formula is C16H20F3NO4. The van der Waals surface area contributed by atoms with Crippen molar-refractivity contribution in [1.29, 1.82) is 0 Å². The zero-order valence-corrected chi connectivity index (χ0v) is 13.7. The lowest BCUT2D eigenvalue weighted by molar-refractivity contribution is -0.137. The number of ether oxygens (including phenoxy) is 2. The number of hydrogen-bond acceptors (Lipinski definition) is 4. The van der Waals surface area contributed by atoms with Crippen LogP contribution in [0.25, 0.3) is 0 Å². The fourth-order valence-corrected chi connectivity index (χ4v) is 1.63. The van der Waals surface area contributed by atoms with Crippen molar-refractivity contribution in [1.82, 2.24) is 5.32 Å². The molecule has 0 saturated carbocycles. The molecule has 5 nitrogen and oxygen atoms in total. The van der Waals surface area contributed by atoms with Gasteiger partial charge in [-0.3, -0.25) is 4.79 Å². The van der Waals surface area contributed by atoms with Gasteiger partial charge in [-0.1, -0.05) is 12.1 Å². The van der Waals surface area contributed by atoms with Gasteiger partial charge < -0.3 is 14.8 Å². The number of hydrogen-bond donors (Lipinski definition) is 1. The van der Waals surface area contributed by atoms with Crippen LogP contribution in [0.1, 0.15) is 36.7 Å². The first-order valence-electron chi connectivity index (χ1n) is 7.24. The summed E-state index contributed by atoms with van der Waals surface area (Å²) in [6.07, 6.45) is -5.04. The first kappa shape index (κ1) is 20.0. The highest BCUT2D eigenvalue weighted by Crippen LogP contribution is 2.29. The van der Waals surface area contributed by atoms with E-state index in [-0.39, 0.29) is 25.3 Å². The van der Waals surface area contributed by atoms with Gasteiger partial charge in [0, 0.05) is 12.1 Å². The number of nitrogens with one attached hydrogen (secondary N) is 1. The van der Waals surface area contributed by atoms with Gasteiger partial charge in [0.05, 0.1) is 12.2 Å². The number of alkyl halides is 3. The number of Topliss-reactive ketones (excluding diaryl/α,β-unsaturated/α-hetero) is 1. The van der Waals surface area contributed by atoms with Crippen molar-refractivity contribution in [2.75, 3.05) is 19.8 Å². The molecule has 1 N–H and O–H groups in total. The molecule has 0 saturated heterocycles. The maximum absolute atomic E-state index is 12.4. The van der Waals surface area contributed by atoms with Gasteiger partial charge in [0.1, 0.15) is 12.2 Å². The van der Waals surface area contributed by atoms with Crippen molar-refractivity contribution >= 4 is 11.9 Å². The van der Waals surface area contributed by atoms with Crippen LogP contribution in [0.2, 0.25) is 0 Å². The van der Waals surface area contributed by atoms with E-state index in [2.05, 4.69) is 5.32 Å². The van der Waals surface area contributed by atoms with Crippen molar-refractivity contribution in [3.05, 3.63) is 35.4 Å². The molecule has 0 unspecified atom stereocenters.